The molecule has 0 N–H and O–H groups in total. The van der Waals surface area contributed by atoms with Gasteiger partial charge >= 0.3 is 0 Å². The smallest absolute Gasteiger partial charge is 0.273 e. The van der Waals surface area contributed by atoms with Gasteiger partial charge in [0.1, 0.15) is 4.70 Å². The van der Waals surface area contributed by atoms with Crippen molar-refractivity contribution in [3.63, 3.8) is 0 Å². The average molecular weight is 480 g/mol. The van der Waals surface area contributed by atoms with Gasteiger partial charge in [0.25, 0.3) is 5.56 Å². The van der Waals surface area contributed by atoms with Crippen LogP contribution in [0.2, 0.25) is 0 Å². The molecule has 170 valence electrons. The molecule has 2 nitrogen and oxygen atoms in total. The Bertz CT molecular complexity index is 1940. The van der Waals surface area contributed by atoms with Gasteiger partial charge in [-0.3, -0.25) is 9.20 Å². The summed E-state index contributed by atoms with van der Waals surface area (Å²) in [6.45, 7) is 0. The Morgan fingerprint density at radius 3 is 1.67 bits per heavy atom. The molecular weight excluding hydrogens is 458 g/mol. The molecule has 7 rings (SSSR count). The van der Waals surface area contributed by atoms with E-state index in [0.29, 0.717) is 0 Å². The highest BCUT2D eigenvalue weighted by atomic mass is 32.1. The summed E-state index contributed by atoms with van der Waals surface area (Å²) in [6, 6.07) is 41.7. The van der Waals surface area contributed by atoms with Gasteiger partial charge in [-0.25, -0.2) is 0 Å². The third-order valence-electron chi connectivity index (χ3n) is 6.88. The minimum Gasteiger partial charge on any atom is -0.274 e. The van der Waals surface area contributed by atoms with Gasteiger partial charge in [0, 0.05) is 21.9 Å². The Balaban J connectivity index is 1.85. The zero-order valence-electron chi connectivity index (χ0n) is 19.4. The minimum atomic E-state index is 0.0245. The molecule has 0 saturated carbocycles. The Labute approximate surface area is 212 Å². The van der Waals surface area contributed by atoms with Crippen molar-refractivity contribution in [1.82, 2.24) is 4.40 Å². The summed E-state index contributed by atoms with van der Waals surface area (Å²) in [4.78, 5) is 14.3. The molecule has 0 spiro atoms. The summed E-state index contributed by atoms with van der Waals surface area (Å²) in [5.74, 6) is 0. The van der Waals surface area contributed by atoms with Gasteiger partial charge in [-0.2, -0.15) is 0 Å². The first-order chi connectivity index (χ1) is 17.8. The summed E-state index contributed by atoms with van der Waals surface area (Å²) in [6.07, 6.45) is 0. The van der Waals surface area contributed by atoms with Gasteiger partial charge in [0.2, 0.25) is 0 Å². The van der Waals surface area contributed by atoms with Crippen molar-refractivity contribution >= 4 is 37.7 Å². The summed E-state index contributed by atoms with van der Waals surface area (Å²) < 4.78 is 2.75. The third kappa shape index (κ3) is 3.07. The fourth-order valence-electron chi connectivity index (χ4n) is 5.39. The van der Waals surface area contributed by atoms with E-state index in [4.69, 9.17) is 0 Å². The van der Waals surface area contributed by atoms with Crippen molar-refractivity contribution in [3.05, 3.63) is 137 Å². The first-order valence-corrected chi connectivity index (χ1v) is 12.9. The highest BCUT2D eigenvalue weighted by Crippen LogP contribution is 2.44. The zero-order chi connectivity index (χ0) is 24.1. The largest absolute Gasteiger partial charge is 0.274 e. The van der Waals surface area contributed by atoms with Crippen molar-refractivity contribution < 1.29 is 0 Å². The van der Waals surface area contributed by atoms with Crippen molar-refractivity contribution in [2.75, 3.05) is 0 Å². The molecular formula is C33H21NOS. The van der Waals surface area contributed by atoms with Crippen LogP contribution in [0.3, 0.4) is 0 Å². The molecule has 3 heteroatoms. The lowest BCUT2D eigenvalue weighted by molar-refractivity contribution is 1.14. The number of pyridine rings is 2. The van der Waals surface area contributed by atoms with Crippen LogP contribution in [0.25, 0.3) is 59.9 Å². The van der Waals surface area contributed by atoms with Gasteiger partial charge in [0.15, 0.2) is 0 Å². The number of fused-ring (bicyclic) bond motifs is 4. The predicted molar refractivity (Wildman–Crippen MR) is 153 cm³/mol. The van der Waals surface area contributed by atoms with Crippen LogP contribution in [0.1, 0.15) is 0 Å². The SMILES string of the molecule is O=c1c2sccc2c(-c2ccccc2)c2c3ccccc3c(-c3ccccc3)c(-c3ccccc3)n12. The van der Waals surface area contributed by atoms with Crippen LogP contribution in [0, 0.1) is 0 Å². The van der Waals surface area contributed by atoms with Crippen LogP contribution < -0.4 is 5.56 Å². The second kappa shape index (κ2) is 8.33. The molecule has 7 aromatic rings. The fraction of sp³-hybridized carbons (Fsp3) is 0. The van der Waals surface area contributed by atoms with Crippen LogP contribution >= 0.6 is 11.3 Å². The van der Waals surface area contributed by atoms with Crippen LogP contribution in [-0.4, -0.2) is 4.40 Å². The molecule has 36 heavy (non-hydrogen) atoms. The molecule has 0 aliphatic rings. The topological polar surface area (TPSA) is 21.5 Å². The number of hydrogen-bond donors (Lipinski definition) is 0. The first kappa shape index (κ1) is 20.9. The van der Waals surface area contributed by atoms with E-state index in [-0.39, 0.29) is 5.56 Å². The van der Waals surface area contributed by atoms with E-state index < -0.39 is 0 Å². The van der Waals surface area contributed by atoms with Crippen molar-refractivity contribution in [2.24, 2.45) is 0 Å². The van der Waals surface area contributed by atoms with Gasteiger partial charge in [-0.05, 0) is 33.5 Å². The van der Waals surface area contributed by atoms with E-state index in [1.807, 2.05) is 40.1 Å². The molecule has 0 aliphatic carbocycles. The Hall–Kier alpha value is -4.47. The van der Waals surface area contributed by atoms with Crippen molar-refractivity contribution in [1.29, 1.82) is 0 Å². The highest BCUT2D eigenvalue weighted by Gasteiger charge is 2.23. The minimum absolute atomic E-state index is 0.0245. The summed E-state index contributed by atoms with van der Waals surface area (Å²) in [5.41, 5.74) is 7.28. The van der Waals surface area contributed by atoms with Crippen LogP contribution in [0.5, 0.6) is 0 Å². The second-order valence-electron chi connectivity index (χ2n) is 8.89. The molecule has 0 bridgehead atoms. The Morgan fingerprint density at radius 1 is 0.500 bits per heavy atom. The van der Waals surface area contributed by atoms with Gasteiger partial charge in [0.05, 0.1) is 11.2 Å². The van der Waals surface area contributed by atoms with E-state index in [1.165, 1.54) is 11.3 Å². The molecule has 0 aliphatic heterocycles. The summed E-state index contributed by atoms with van der Waals surface area (Å²) in [7, 11) is 0. The number of rotatable bonds is 3. The Kier molecular flexibility index (Phi) is 4.83. The van der Waals surface area contributed by atoms with E-state index >= 15 is 0 Å². The lowest BCUT2D eigenvalue weighted by Crippen LogP contribution is -2.17. The number of thiophene rings is 1. The van der Waals surface area contributed by atoms with Gasteiger partial charge in [-0.1, -0.05) is 115 Å². The van der Waals surface area contributed by atoms with Crippen molar-refractivity contribution in [2.45, 2.75) is 0 Å². The monoisotopic (exact) mass is 479 g/mol. The Morgan fingerprint density at radius 2 is 1.03 bits per heavy atom. The van der Waals surface area contributed by atoms with E-state index in [9.17, 15) is 4.79 Å². The van der Waals surface area contributed by atoms with Crippen LogP contribution in [-0.2, 0) is 0 Å². The molecule has 0 unspecified atom stereocenters. The molecule has 0 fully saturated rings. The summed E-state index contributed by atoms with van der Waals surface area (Å²) >= 11 is 1.52. The van der Waals surface area contributed by atoms with Gasteiger partial charge < -0.3 is 0 Å². The first-order valence-electron chi connectivity index (χ1n) is 12.0. The maximum Gasteiger partial charge on any atom is 0.273 e. The standard InChI is InChI=1S/C33H21NOS/c35-33-32-27(20-21-36-32)29(23-14-6-2-7-15-23)31-26-19-11-10-18-25(26)28(22-12-4-1-5-13-22)30(34(31)33)24-16-8-3-9-17-24/h1-21H. The van der Waals surface area contributed by atoms with E-state index in [0.717, 1.165) is 59.9 Å². The fourth-order valence-corrected chi connectivity index (χ4v) is 6.22. The lowest BCUT2D eigenvalue weighted by atomic mass is 9.90. The predicted octanol–water partition coefficient (Wildman–Crippen LogP) is 8.67. The number of nitrogens with zero attached hydrogens (tertiary/aromatic N) is 1. The number of benzene rings is 4. The molecule has 0 atom stereocenters. The van der Waals surface area contributed by atoms with E-state index in [2.05, 4.69) is 91.0 Å². The molecule has 3 heterocycles. The molecule has 3 aromatic heterocycles. The maximum atomic E-state index is 14.3. The quantitative estimate of drug-likeness (QED) is 0.232. The van der Waals surface area contributed by atoms with E-state index in [1.54, 1.807) is 0 Å². The van der Waals surface area contributed by atoms with Crippen molar-refractivity contribution in [3.8, 4) is 33.5 Å². The maximum absolute atomic E-state index is 14.3. The van der Waals surface area contributed by atoms with Crippen LogP contribution in [0.15, 0.2) is 132 Å². The van der Waals surface area contributed by atoms with Crippen LogP contribution in [0.4, 0.5) is 0 Å². The number of aromatic nitrogens is 1. The third-order valence-corrected chi connectivity index (χ3v) is 7.78. The average Bonchev–Trinajstić information content (AvgIpc) is 3.44. The zero-order valence-corrected chi connectivity index (χ0v) is 20.2. The molecule has 4 aromatic carbocycles. The highest BCUT2D eigenvalue weighted by molar-refractivity contribution is 7.17. The molecule has 0 amide bonds. The lowest BCUT2D eigenvalue weighted by Gasteiger charge is -2.21. The summed E-state index contributed by atoms with van der Waals surface area (Å²) in [5, 5.41) is 5.24. The normalized spacial score (nSPS) is 11.4. The van der Waals surface area contributed by atoms with Gasteiger partial charge in [-0.15, -0.1) is 11.3 Å². The number of hydrogen-bond acceptors (Lipinski definition) is 2. The molecule has 0 radical (unpaired) electrons. The molecule has 0 saturated heterocycles. The second-order valence-corrected chi connectivity index (χ2v) is 9.81.